The Morgan fingerprint density at radius 3 is 2.78 bits per heavy atom. The van der Waals surface area contributed by atoms with E-state index in [1.54, 1.807) is 12.1 Å². The summed E-state index contributed by atoms with van der Waals surface area (Å²) < 4.78 is 14.7. The van der Waals surface area contributed by atoms with Crippen LogP contribution in [0.2, 0.25) is 0 Å². The second-order valence-electron chi connectivity index (χ2n) is 3.93. The Morgan fingerprint density at radius 2 is 2.00 bits per heavy atom. The topological polar surface area (TPSA) is 12.9 Å². The Hall–Kier alpha value is -1.45. The first-order valence-corrected chi connectivity index (χ1v) is 6.83. The highest BCUT2D eigenvalue weighted by molar-refractivity contribution is 7.21. The average molecular weight is 278 g/mol. The van der Waals surface area contributed by atoms with Gasteiger partial charge in [-0.2, -0.15) is 0 Å². The molecule has 0 saturated heterocycles. The lowest BCUT2D eigenvalue weighted by Crippen LogP contribution is -1.81. The van der Waals surface area contributed by atoms with E-state index in [0.717, 1.165) is 15.8 Å². The summed E-state index contributed by atoms with van der Waals surface area (Å²) in [6, 6.07) is 12.6. The zero-order valence-electron chi connectivity index (χ0n) is 9.36. The number of benzene rings is 2. The first kappa shape index (κ1) is 11.6. The van der Waals surface area contributed by atoms with Crippen molar-refractivity contribution in [3.63, 3.8) is 0 Å². The van der Waals surface area contributed by atoms with Crippen LogP contribution < -0.4 is 0 Å². The van der Waals surface area contributed by atoms with Gasteiger partial charge in [0.2, 0.25) is 0 Å². The van der Waals surface area contributed by atoms with E-state index in [2.05, 4.69) is 4.98 Å². The maximum absolute atomic E-state index is 13.7. The van der Waals surface area contributed by atoms with E-state index in [9.17, 15) is 4.39 Å². The molecule has 0 aliphatic carbocycles. The Morgan fingerprint density at radius 1 is 1.17 bits per heavy atom. The van der Waals surface area contributed by atoms with Gasteiger partial charge in [0.05, 0.1) is 10.2 Å². The molecule has 0 fully saturated rings. The summed E-state index contributed by atoms with van der Waals surface area (Å²) in [5, 5.41) is 0.704. The molecule has 2 aromatic carbocycles. The van der Waals surface area contributed by atoms with Gasteiger partial charge < -0.3 is 0 Å². The molecule has 0 N–H and O–H groups in total. The van der Waals surface area contributed by atoms with Crippen LogP contribution in [0.15, 0.2) is 42.5 Å². The summed E-state index contributed by atoms with van der Waals surface area (Å²) in [4.78, 5) is 4.45. The zero-order valence-corrected chi connectivity index (χ0v) is 10.9. The number of rotatable bonds is 2. The van der Waals surface area contributed by atoms with Crippen molar-refractivity contribution in [2.24, 2.45) is 0 Å². The third-order valence-corrected chi connectivity index (χ3v) is 4.07. The molecule has 0 radical (unpaired) electrons. The van der Waals surface area contributed by atoms with Gasteiger partial charge in [0, 0.05) is 11.4 Å². The molecule has 18 heavy (non-hydrogen) atoms. The molecule has 0 saturated carbocycles. The van der Waals surface area contributed by atoms with Crippen molar-refractivity contribution in [1.82, 2.24) is 4.98 Å². The van der Waals surface area contributed by atoms with Crippen molar-refractivity contribution in [2.45, 2.75) is 5.88 Å². The van der Waals surface area contributed by atoms with Gasteiger partial charge >= 0.3 is 0 Å². The van der Waals surface area contributed by atoms with Gasteiger partial charge in [-0.3, -0.25) is 0 Å². The summed E-state index contributed by atoms with van der Waals surface area (Å²) in [6.07, 6.45) is 0. The minimum Gasteiger partial charge on any atom is -0.236 e. The van der Waals surface area contributed by atoms with E-state index in [4.69, 9.17) is 11.6 Å². The Bertz CT molecular complexity index is 708. The fourth-order valence-corrected chi connectivity index (χ4v) is 3.02. The van der Waals surface area contributed by atoms with E-state index >= 15 is 0 Å². The molecular formula is C14H9ClFNS. The zero-order chi connectivity index (χ0) is 12.5. The molecule has 0 atom stereocenters. The number of thiazole rings is 1. The SMILES string of the molecule is Fc1ccccc1-c1nc2ccc(CCl)cc2s1. The Kier molecular flexibility index (Phi) is 3.02. The Balaban J connectivity index is 2.17. The van der Waals surface area contributed by atoms with Crippen molar-refractivity contribution in [3.8, 4) is 10.6 Å². The molecule has 0 spiro atoms. The van der Waals surface area contributed by atoms with Crippen molar-refractivity contribution in [2.75, 3.05) is 0 Å². The molecule has 0 bridgehead atoms. The summed E-state index contributed by atoms with van der Waals surface area (Å²) >= 11 is 7.28. The van der Waals surface area contributed by atoms with E-state index in [0.29, 0.717) is 16.5 Å². The first-order valence-electron chi connectivity index (χ1n) is 5.48. The van der Waals surface area contributed by atoms with Gasteiger partial charge in [0.15, 0.2) is 0 Å². The number of alkyl halides is 1. The second kappa shape index (κ2) is 4.67. The van der Waals surface area contributed by atoms with Gasteiger partial charge in [-0.05, 0) is 29.8 Å². The highest BCUT2D eigenvalue weighted by atomic mass is 35.5. The van der Waals surface area contributed by atoms with Crippen LogP contribution in [0, 0.1) is 5.82 Å². The molecule has 3 aromatic rings. The van der Waals surface area contributed by atoms with Gasteiger partial charge in [-0.15, -0.1) is 22.9 Å². The van der Waals surface area contributed by atoms with Crippen LogP contribution >= 0.6 is 22.9 Å². The van der Waals surface area contributed by atoms with E-state index in [-0.39, 0.29) is 5.82 Å². The lowest BCUT2D eigenvalue weighted by molar-refractivity contribution is 0.631. The van der Waals surface area contributed by atoms with Gasteiger partial charge in [0.1, 0.15) is 10.8 Å². The fraction of sp³-hybridized carbons (Fsp3) is 0.0714. The number of nitrogens with zero attached hydrogens (tertiary/aromatic N) is 1. The molecule has 4 heteroatoms. The largest absolute Gasteiger partial charge is 0.236 e. The van der Waals surface area contributed by atoms with Crippen molar-refractivity contribution < 1.29 is 4.39 Å². The summed E-state index contributed by atoms with van der Waals surface area (Å²) in [5.74, 6) is 0.234. The highest BCUT2D eigenvalue weighted by Gasteiger charge is 2.10. The number of fused-ring (bicyclic) bond motifs is 1. The Labute approximate surface area is 113 Å². The van der Waals surface area contributed by atoms with Crippen LogP contribution in [0.4, 0.5) is 4.39 Å². The molecule has 0 amide bonds. The summed E-state index contributed by atoms with van der Waals surface area (Å²) in [7, 11) is 0. The first-order chi connectivity index (χ1) is 8.78. The fourth-order valence-electron chi connectivity index (χ4n) is 1.80. The molecule has 1 heterocycles. The molecule has 90 valence electrons. The third-order valence-electron chi connectivity index (χ3n) is 2.71. The maximum Gasteiger partial charge on any atom is 0.133 e. The van der Waals surface area contributed by atoms with E-state index in [1.165, 1.54) is 17.4 Å². The number of halogens is 2. The summed E-state index contributed by atoms with van der Waals surface area (Å²) in [6.45, 7) is 0. The van der Waals surface area contributed by atoms with Crippen LogP contribution in [0.5, 0.6) is 0 Å². The molecular weight excluding hydrogens is 269 g/mol. The molecule has 1 aromatic heterocycles. The van der Waals surface area contributed by atoms with Crippen molar-refractivity contribution >= 4 is 33.2 Å². The van der Waals surface area contributed by atoms with Crippen molar-refractivity contribution in [1.29, 1.82) is 0 Å². The smallest absolute Gasteiger partial charge is 0.133 e. The predicted molar refractivity (Wildman–Crippen MR) is 74.6 cm³/mol. The lowest BCUT2D eigenvalue weighted by atomic mass is 10.2. The van der Waals surface area contributed by atoms with Crippen LogP contribution in [0.3, 0.4) is 0 Å². The minimum atomic E-state index is -0.242. The molecule has 1 nitrogen and oxygen atoms in total. The standard InChI is InChI=1S/C14H9ClFNS/c15-8-9-5-6-12-13(7-9)18-14(17-12)10-3-1-2-4-11(10)16/h1-7H,8H2. The quantitative estimate of drug-likeness (QED) is 0.611. The van der Waals surface area contributed by atoms with E-state index in [1.807, 2.05) is 24.3 Å². The maximum atomic E-state index is 13.7. The van der Waals surface area contributed by atoms with Crippen LogP contribution in [-0.2, 0) is 5.88 Å². The monoisotopic (exact) mass is 277 g/mol. The van der Waals surface area contributed by atoms with Gasteiger partial charge in [0.25, 0.3) is 0 Å². The van der Waals surface area contributed by atoms with Gasteiger partial charge in [-0.25, -0.2) is 9.37 Å². The average Bonchev–Trinajstić information content (AvgIpc) is 2.81. The molecule has 0 aliphatic rings. The molecule has 3 rings (SSSR count). The number of hydrogen-bond donors (Lipinski definition) is 0. The minimum absolute atomic E-state index is 0.242. The normalized spacial score (nSPS) is 11.0. The van der Waals surface area contributed by atoms with E-state index < -0.39 is 0 Å². The predicted octanol–water partition coefficient (Wildman–Crippen LogP) is 4.84. The molecule has 0 aliphatic heterocycles. The number of hydrogen-bond acceptors (Lipinski definition) is 2. The van der Waals surface area contributed by atoms with Crippen LogP contribution in [-0.4, -0.2) is 4.98 Å². The van der Waals surface area contributed by atoms with Crippen molar-refractivity contribution in [3.05, 3.63) is 53.8 Å². The molecule has 0 unspecified atom stereocenters. The summed E-state index contributed by atoms with van der Waals surface area (Å²) in [5.41, 5.74) is 2.48. The van der Waals surface area contributed by atoms with Gasteiger partial charge in [-0.1, -0.05) is 18.2 Å². The lowest BCUT2D eigenvalue weighted by Gasteiger charge is -1.96. The van der Waals surface area contributed by atoms with Crippen LogP contribution in [0.1, 0.15) is 5.56 Å². The highest BCUT2D eigenvalue weighted by Crippen LogP contribution is 2.32. The second-order valence-corrected chi connectivity index (χ2v) is 5.23. The van der Waals surface area contributed by atoms with Crippen LogP contribution in [0.25, 0.3) is 20.8 Å². The third kappa shape index (κ3) is 2.00. The number of aromatic nitrogens is 1.